The molecule has 2 N–H and O–H groups in total. The first-order chi connectivity index (χ1) is 12.2. The number of benzene rings is 1. The Labute approximate surface area is 154 Å². The zero-order chi connectivity index (χ0) is 19.4. The molecule has 0 aliphatic carbocycles. The van der Waals surface area contributed by atoms with Gasteiger partial charge in [-0.3, -0.25) is 9.59 Å². The summed E-state index contributed by atoms with van der Waals surface area (Å²) in [5.41, 5.74) is -0.949. The molecule has 0 aromatic heterocycles. The Kier molecular flexibility index (Phi) is 6.41. The highest BCUT2D eigenvalue weighted by Crippen LogP contribution is 2.26. The molecule has 1 aromatic carbocycles. The molecule has 1 aromatic rings. The summed E-state index contributed by atoms with van der Waals surface area (Å²) in [4.78, 5) is 23.9. The molecule has 1 atom stereocenters. The first-order valence-electron chi connectivity index (χ1n) is 8.74. The lowest BCUT2D eigenvalue weighted by molar-refractivity contribution is -0.147. The van der Waals surface area contributed by atoms with Gasteiger partial charge < -0.3 is 10.4 Å². The minimum Gasteiger partial charge on any atom is -0.481 e. The molecule has 7 nitrogen and oxygen atoms in total. The van der Waals surface area contributed by atoms with Crippen molar-refractivity contribution in [1.82, 2.24) is 9.62 Å². The Morgan fingerprint density at radius 3 is 2.50 bits per heavy atom. The number of nitrogens with one attached hydrogen (secondary N) is 1. The first-order valence-corrected chi connectivity index (χ1v) is 10.2. The van der Waals surface area contributed by atoms with Gasteiger partial charge in [0.1, 0.15) is 6.04 Å². The van der Waals surface area contributed by atoms with E-state index < -0.39 is 27.4 Å². The third kappa shape index (κ3) is 4.62. The number of amides is 1. The summed E-state index contributed by atoms with van der Waals surface area (Å²) < 4.78 is 27.1. The van der Waals surface area contributed by atoms with Gasteiger partial charge in [0.25, 0.3) is 0 Å². The molecule has 0 saturated carbocycles. The molecule has 1 heterocycles. The monoisotopic (exact) mass is 382 g/mol. The second-order valence-corrected chi connectivity index (χ2v) is 9.06. The number of carboxylic acid groups (broad SMARTS) is 1. The molecule has 1 saturated heterocycles. The molecule has 2 rings (SSSR count). The summed E-state index contributed by atoms with van der Waals surface area (Å²) >= 11 is 0. The second kappa shape index (κ2) is 8.18. The number of carbonyl (C=O) groups excluding carboxylic acids is 1. The predicted octanol–water partition coefficient (Wildman–Crippen LogP) is 1.85. The van der Waals surface area contributed by atoms with Gasteiger partial charge in [0.05, 0.1) is 10.3 Å². The molecule has 1 aliphatic heterocycles. The zero-order valence-electron chi connectivity index (χ0n) is 15.1. The lowest BCUT2D eigenvalue weighted by Gasteiger charge is -2.33. The standard InChI is InChI=1S/C18H26N2O5S/c1-18(2,17(22)23)11-12-19-16(21)15-10-6-7-13-20(15)26(24,25)14-8-4-3-5-9-14/h3-5,8-9,15H,6-7,10-13H2,1-2H3,(H,19,21)(H,22,23). The van der Waals surface area contributed by atoms with Gasteiger partial charge in [0, 0.05) is 13.1 Å². The molecule has 0 bridgehead atoms. The van der Waals surface area contributed by atoms with E-state index in [1.807, 2.05) is 0 Å². The third-order valence-corrected chi connectivity index (χ3v) is 6.66. The average molecular weight is 382 g/mol. The smallest absolute Gasteiger partial charge is 0.309 e. The van der Waals surface area contributed by atoms with Crippen molar-refractivity contribution in [2.24, 2.45) is 5.41 Å². The van der Waals surface area contributed by atoms with Crippen molar-refractivity contribution in [2.45, 2.75) is 50.5 Å². The zero-order valence-corrected chi connectivity index (χ0v) is 16.0. The van der Waals surface area contributed by atoms with Gasteiger partial charge in [-0.25, -0.2) is 8.42 Å². The van der Waals surface area contributed by atoms with Crippen LogP contribution in [-0.2, 0) is 19.6 Å². The van der Waals surface area contributed by atoms with Crippen molar-refractivity contribution in [3.63, 3.8) is 0 Å². The Hall–Kier alpha value is -1.93. The number of rotatable bonds is 7. The van der Waals surface area contributed by atoms with Crippen molar-refractivity contribution in [2.75, 3.05) is 13.1 Å². The van der Waals surface area contributed by atoms with Gasteiger partial charge in [0.2, 0.25) is 15.9 Å². The molecule has 26 heavy (non-hydrogen) atoms. The van der Waals surface area contributed by atoms with Gasteiger partial charge in [-0.1, -0.05) is 24.6 Å². The van der Waals surface area contributed by atoms with E-state index in [-0.39, 0.29) is 23.8 Å². The van der Waals surface area contributed by atoms with Crippen LogP contribution in [0.2, 0.25) is 0 Å². The van der Waals surface area contributed by atoms with E-state index in [0.717, 1.165) is 6.42 Å². The predicted molar refractivity (Wildman–Crippen MR) is 97.0 cm³/mol. The Morgan fingerprint density at radius 1 is 1.23 bits per heavy atom. The molecule has 1 unspecified atom stereocenters. The van der Waals surface area contributed by atoms with Crippen LogP contribution < -0.4 is 5.32 Å². The molecule has 0 spiro atoms. The Morgan fingerprint density at radius 2 is 1.88 bits per heavy atom. The fourth-order valence-electron chi connectivity index (χ4n) is 2.91. The van der Waals surface area contributed by atoms with Crippen LogP contribution in [0.5, 0.6) is 0 Å². The fourth-order valence-corrected chi connectivity index (χ4v) is 4.58. The number of aliphatic carboxylic acids is 1. The molecule has 8 heteroatoms. The molecule has 144 valence electrons. The van der Waals surface area contributed by atoms with E-state index >= 15 is 0 Å². The summed E-state index contributed by atoms with van der Waals surface area (Å²) in [6.45, 7) is 3.67. The summed E-state index contributed by atoms with van der Waals surface area (Å²) in [5.74, 6) is -1.30. The topological polar surface area (TPSA) is 104 Å². The van der Waals surface area contributed by atoms with Crippen molar-refractivity contribution in [3.8, 4) is 0 Å². The molecular formula is C18H26N2O5S. The highest BCUT2D eigenvalue weighted by Gasteiger charge is 2.37. The van der Waals surface area contributed by atoms with Crippen molar-refractivity contribution >= 4 is 21.9 Å². The number of hydrogen-bond acceptors (Lipinski definition) is 4. The van der Waals surface area contributed by atoms with E-state index in [1.165, 1.54) is 16.4 Å². The maximum absolute atomic E-state index is 12.9. The highest BCUT2D eigenvalue weighted by atomic mass is 32.2. The fraction of sp³-hybridized carbons (Fsp3) is 0.556. The molecule has 1 amide bonds. The third-order valence-electron chi connectivity index (χ3n) is 4.73. The van der Waals surface area contributed by atoms with Crippen LogP contribution >= 0.6 is 0 Å². The second-order valence-electron chi connectivity index (χ2n) is 7.17. The first kappa shape index (κ1) is 20.4. The van der Waals surface area contributed by atoms with Crippen LogP contribution in [0, 0.1) is 5.41 Å². The maximum atomic E-state index is 12.9. The lowest BCUT2D eigenvalue weighted by Crippen LogP contribution is -2.52. The van der Waals surface area contributed by atoms with Gasteiger partial charge in [-0.15, -0.1) is 0 Å². The number of carboxylic acids is 1. The molecule has 1 fully saturated rings. The van der Waals surface area contributed by atoms with E-state index in [2.05, 4.69) is 5.32 Å². The summed E-state index contributed by atoms with van der Waals surface area (Å²) in [7, 11) is -3.74. The summed E-state index contributed by atoms with van der Waals surface area (Å²) in [6.07, 6.45) is 2.22. The van der Waals surface area contributed by atoms with Crippen LogP contribution in [0.1, 0.15) is 39.5 Å². The van der Waals surface area contributed by atoms with E-state index in [9.17, 15) is 18.0 Å². The van der Waals surface area contributed by atoms with Crippen LogP contribution in [0.4, 0.5) is 0 Å². The maximum Gasteiger partial charge on any atom is 0.309 e. The van der Waals surface area contributed by atoms with Crippen LogP contribution in [0.3, 0.4) is 0 Å². The van der Waals surface area contributed by atoms with Gasteiger partial charge in [-0.2, -0.15) is 4.31 Å². The van der Waals surface area contributed by atoms with Crippen LogP contribution in [-0.4, -0.2) is 48.8 Å². The normalized spacial score (nSPS) is 19.1. The van der Waals surface area contributed by atoms with E-state index in [4.69, 9.17) is 5.11 Å². The molecule has 1 aliphatic rings. The SMILES string of the molecule is CC(C)(CCNC(=O)C1CCCCN1S(=O)(=O)c1ccccc1)C(=O)O. The van der Waals surface area contributed by atoms with Gasteiger partial charge in [-0.05, 0) is 45.2 Å². The van der Waals surface area contributed by atoms with Gasteiger partial charge in [0.15, 0.2) is 0 Å². The number of nitrogens with zero attached hydrogens (tertiary/aromatic N) is 1. The minimum absolute atomic E-state index is 0.173. The van der Waals surface area contributed by atoms with Gasteiger partial charge >= 0.3 is 5.97 Å². The highest BCUT2D eigenvalue weighted by molar-refractivity contribution is 7.89. The number of piperidine rings is 1. The number of hydrogen-bond donors (Lipinski definition) is 2. The molecular weight excluding hydrogens is 356 g/mol. The summed E-state index contributed by atoms with van der Waals surface area (Å²) in [6, 6.07) is 7.33. The largest absolute Gasteiger partial charge is 0.481 e. The number of carbonyl (C=O) groups is 2. The van der Waals surface area contributed by atoms with Crippen molar-refractivity contribution < 1.29 is 23.1 Å². The van der Waals surface area contributed by atoms with Crippen molar-refractivity contribution in [1.29, 1.82) is 0 Å². The summed E-state index contributed by atoms with van der Waals surface area (Å²) in [5, 5.41) is 11.8. The quantitative estimate of drug-likeness (QED) is 0.749. The van der Waals surface area contributed by atoms with Crippen LogP contribution in [0.25, 0.3) is 0 Å². The van der Waals surface area contributed by atoms with Crippen LogP contribution in [0.15, 0.2) is 35.2 Å². The average Bonchev–Trinajstić information content (AvgIpc) is 2.62. The Balaban J connectivity index is 2.09. The minimum atomic E-state index is -3.74. The van der Waals surface area contributed by atoms with E-state index in [1.54, 1.807) is 32.0 Å². The van der Waals surface area contributed by atoms with E-state index in [0.29, 0.717) is 19.4 Å². The lowest BCUT2D eigenvalue weighted by atomic mass is 9.89. The number of sulfonamides is 1. The Bertz CT molecular complexity index is 746. The van der Waals surface area contributed by atoms with Crippen molar-refractivity contribution in [3.05, 3.63) is 30.3 Å². The molecule has 0 radical (unpaired) electrons.